The number of oxime groups is 1. The molecule has 124 valence electrons. The molecule has 2 aromatic carbocycles. The number of benzene rings is 2. The van der Waals surface area contributed by atoms with Gasteiger partial charge in [0.1, 0.15) is 0 Å². The first-order valence-electron chi connectivity index (χ1n) is 7.43. The second-order valence-corrected chi connectivity index (χ2v) is 5.07. The molecular formula is C18H19N3O3. The van der Waals surface area contributed by atoms with Gasteiger partial charge in [-0.05, 0) is 36.2 Å². The van der Waals surface area contributed by atoms with Gasteiger partial charge in [0, 0.05) is 18.3 Å². The molecule has 0 saturated carbocycles. The number of amides is 2. The summed E-state index contributed by atoms with van der Waals surface area (Å²) in [6, 6.07) is 14.4. The third-order valence-corrected chi connectivity index (χ3v) is 3.29. The molecule has 0 spiro atoms. The van der Waals surface area contributed by atoms with Crippen LogP contribution in [0, 0.1) is 6.92 Å². The van der Waals surface area contributed by atoms with Crippen molar-refractivity contribution in [2.45, 2.75) is 6.92 Å². The predicted molar refractivity (Wildman–Crippen MR) is 93.2 cm³/mol. The lowest BCUT2D eigenvalue weighted by molar-refractivity contribution is -0.120. The van der Waals surface area contributed by atoms with Crippen molar-refractivity contribution in [3.05, 3.63) is 65.2 Å². The quantitative estimate of drug-likeness (QED) is 0.632. The number of aryl methyl sites for hydroxylation is 1. The fourth-order valence-electron chi connectivity index (χ4n) is 2.00. The molecule has 0 aromatic heterocycles. The van der Waals surface area contributed by atoms with Crippen molar-refractivity contribution >= 4 is 23.7 Å². The molecule has 2 amide bonds. The molecule has 0 fully saturated rings. The van der Waals surface area contributed by atoms with E-state index >= 15 is 0 Å². The topological polar surface area (TPSA) is 79.8 Å². The van der Waals surface area contributed by atoms with Crippen LogP contribution < -0.4 is 10.6 Å². The Kier molecular flexibility index (Phi) is 6.08. The van der Waals surface area contributed by atoms with Crippen molar-refractivity contribution in [3.8, 4) is 0 Å². The monoisotopic (exact) mass is 325 g/mol. The maximum atomic E-state index is 11.8. The highest BCUT2D eigenvalue weighted by molar-refractivity contribution is 5.97. The van der Waals surface area contributed by atoms with Crippen LogP contribution in [0.1, 0.15) is 21.5 Å². The van der Waals surface area contributed by atoms with E-state index < -0.39 is 0 Å². The average molecular weight is 325 g/mol. The van der Waals surface area contributed by atoms with Crippen LogP contribution in [0.25, 0.3) is 0 Å². The molecule has 6 nitrogen and oxygen atoms in total. The largest absolute Gasteiger partial charge is 0.386 e. The van der Waals surface area contributed by atoms with Crippen LogP contribution >= 0.6 is 0 Å². The Bertz CT molecular complexity index is 757. The van der Waals surface area contributed by atoms with Gasteiger partial charge in [0.05, 0.1) is 6.21 Å². The van der Waals surface area contributed by atoms with Crippen molar-refractivity contribution in [2.75, 3.05) is 19.0 Å². The minimum Gasteiger partial charge on any atom is -0.386 e. The van der Waals surface area contributed by atoms with Gasteiger partial charge in [-0.2, -0.15) is 0 Å². The zero-order chi connectivity index (χ0) is 17.4. The summed E-state index contributed by atoms with van der Waals surface area (Å²) >= 11 is 0. The van der Waals surface area contributed by atoms with Crippen LogP contribution in [0.3, 0.4) is 0 Å². The molecule has 0 heterocycles. The molecular weight excluding hydrogens is 306 g/mol. The van der Waals surface area contributed by atoms with E-state index in [1.54, 1.807) is 37.5 Å². The minimum atomic E-state index is -0.356. The van der Waals surface area contributed by atoms with Crippen molar-refractivity contribution in [1.29, 1.82) is 0 Å². The molecule has 0 aliphatic carbocycles. The number of carbonyl (C=O) groups excluding carboxylic acids is 2. The Morgan fingerprint density at radius 2 is 1.96 bits per heavy atom. The molecule has 24 heavy (non-hydrogen) atoms. The van der Waals surface area contributed by atoms with Gasteiger partial charge in [-0.15, -0.1) is 0 Å². The van der Waals surface area contributed by atoms with Crippen molar-refractivity contribution in [2.24, 2.45) is 5.16 Å². The van der Waals surface area contributed by atoms with Gasteiger partial charge >= 0.3 is 0 Å². The lowest BCUT2D eigenvalue weighted by Gasteiger charge is -2.06. The van der Waals surface area contributed by atoms with Gasteiger partial charge in [0.25, 0.3) is 11.8 Å². The van der Waals surface area contributed by atoms with Crippen LogP contribution in [0.5, 0.6) is 0 Å². The lowest BCUT2D eigenvalue weighted by Crippen LogP contribution is -2.19. The normalized spacial score (nSPS) is 10.4. The maximum Gasteiger partial charge on any atom is 0.265 e. The minimum absolute atomic E-state index is 0.216. The maximum absolute atomic E-state index is 11.8. The van der Waals surface area contributed by atoms with Gasteiger partial charge in [-0.1, -0.05) is 35.5 Å². The van der Waals surface area contributed by atoms with Crippen molar-refractivity contribution in [1.82, 2.24) is 5.32 Å². The van der Waals surface area contributed by atoms with Crippen LogP contribution in [-0.2, 0) is 9.63 Å². The lowest BCUT2D eigenvalue weighted by atomic mass is 10.1. The summed E-state index contributed by atoms with van der Waals surface area (Å²) in [6.07, 6.45) is 1.56. The van der Waals surface area contributed by atoms with Crippen LogP contribution in [0.4, 0.5) is 5.69 Å². The molecule has 0 unspecified atom stereocenters. The van der Waals surface area contributed by atoms with E-state index in [4.69, 9.17) is 4.84 Å². The third-order valence-electron chi connectivity index (χ3n) is 3.29. The molecule has 0 bridgehead atoms. The number of nitrogens with one attached hydrogen (secondary N) is 2. The second kappa shape index (κ2) is 8.47. The van der Waals surface area contributed by atoms with E-state index in [-0.39, 0.29) is 18.4 Å². The highest BCUT2D eigenvalue weighted by Gasteiger charge is 2.06. The summed E-state index contributed by atoms with van der Waals surface area (Å²) in [4.78, 5) is 28.4. The fourth-order valence-corrected chi connectivity index (χ4v) is 2.00. The summed E-state index contributed by atoms with van der Waals surface area (Å²) in [5.41, 5.74) is 2.98. The van der Waals surface area contributed by atoms with Crippen molar-refractivity contribution in [3.63, 3.8) is 0 Å². The Hall–Kier alpha value is -3.15. The summed E-state index contributed by atoms with van der Waals surface area (Å²) in [5.74, 6) is -0.573. The third kappa shape index (κ3) is 4.95. The molecule has 0 saturated heterocycles. The van der Waals surface area contributed by atoms with Crippen LogP contribution in [-0.4, -0.2) is 31.7 Å². The van der Waals surface area contributed by atoms with E-state index in [1.807, 2.05) is 31.2 Å². The first-order valence-corrected chi connectivity index (χ1v) is 7.43. The zero-order valence-corrected chi connectivity index (χ0v) is 13.6. The fraction of sp³-hybridized carbons (Fsp3) is 0.167. The molecule has 0 aliphatic heterocycles. The molecule has 2 rings (SSSR count). The van der Waals surface area contributed by atoms with Gasteiger partial charge in [0.2, 0.25) is 0 Å². The van der Waals surface area contributed by atoms with Gasteiger partial charge in [0.15, 0.2) is 6.61 Å². The number of hydrogen-bond donors (Lipinski definition) is 2. The highest BCUT2D eigenvalue weighted by Crippen LogP contribution is 2.10. The molecule has 2 aromatic rings. The highest BCUT2D eigenvalue weighted by atomic mass is 16.6. The predicted octanol–water partition coefficient (Wildman–Crippen LogP) is 2.34. The second-order valence-electron chi connectivity index (χ2n) is 5.07. The molecule has 6 heteroatoms. The smallest absolute Gasteiger partial charge is 0.265 e. The van der Waals surface area contributed by atoms with Gasteiger partial charge < -0.3 is 15.5 Å². The SMILES string of the molecule is CNC(=O)c1cccc(NC(=O)CO/N=C/c2ccccc2C)c1. The zero-order valence-electron chi connectivity index (χ0n) is 13.6. The molecule has 0 atom stereocenters. The summed E-state index contributed by atoms with van der Waals surface area (Å²) in [5, 5.41) is 8.97. The Morgan fingerprint density at radius 1 is 1.17 bits per heavy atom. The number of rotatable bonds is 6. The van der Waals surface area contributed by atoms with Crippen LogP contribution in [0.2, 0.25) is 0 Å². The average Bonchev–Trinajstić information content (AvgIpc) is 2.59. The van der Waals surface area contributed by atoms with Gasteiger partial charge in [-0.25, -0.2) is 0 Å². The van der Waals surface area contributed by atoms with E-state index in [0.717, 1.165) is 11.1 Å². The van der Waals surface area contributed by atoms with E-state index in [1.165, 1.54) is 0 Å². The van der Waals surface area contributed by atoms with Crippen LogP contribution in [0.15, 0.2) is 53.7 Å². The molecule has 0 radical (unpaired) electrons. The summed E-state index contributed by atoms with van der Waals surface area (Å²) < 4.78 is 0. The Morgan fingerprint density at radius 3 is 2.71 bits per heavy atom. The standard InChI is InChI=1S/C18H19N3O3/c1-13-6-3-4-7-15(13)11-20-24-12-17(22)21-16-9-5-8-14(10-16)18(23)19-2/h3-11H,12H2,1-2H3,(H,19,23)(H,21,22)/b20-11+. The number of carbonyl (C=O) groups is 2. The number of hydrogen-bond acceptors (Lipinski definition) is 4. The van der Waals surface area contributed by atoms with E-state index in [2.05, 4.69) is 15.8 Å². The van der Waals surface area contributed by atoms with E-state index in [9.17, 15) is 9.59 Å². The molecule has 2 N–H and O–H groups in total. The van der Waals surface area contributed by atoms with E-state index in [0.29, 0.717) is 11.3 Å². The summed E-state index contributed by atoms with van der Waals surface area (Å²) in [7, 11) is 1.55. The first kappa shape index (κ1) is 17.2. The summed E-state index contributed by atoms with van der Waals surface area (Å²) in [6.45, 7) is 1.75. The first-order chi connectivity index (χ1) is 11.6. The Balaban J connectivity index is 1.85. The Labute approximate surface area is 140 Å². The van der Waals surface area contributed by atoms with Gasteiger partial charge in [-0.3, -0.25) is 9.59 Å². The molecule has 0 aliphatic rings. The number of nitrogens with zero attached hydrogens (tertiary/aromatic N) is 1. The number of anilines is 1. The van der Waals surface area contributed by atoms with Crippen molar-refractivity contribution < 1.29 is 14.4 Å².